The first kappa shape index (κ1) is 21.2. The van der Waals surface area contributed by atoms with Crippen LogP contribution < -0.4 is 5.32 Å². The molecule has 2 heterocycles. The molecular formula is C25H28ClN5O. The summed E-state index contributed by atoms with van der Waals surface area (Å²) < 4.78 is 1.91. The Morgan fingerprint density at radius 1 is 1.06 bits per heavy atom. The van der Waals surface area contributed by atoms with Crippen molar-refractivity contribution in [2.24, 2.45) is 0 Å². The normalized spacial score (nSPS) is 16.4. The van der Waals surface area contributed by atoms with Gasteiger partial charge in [0.2, 0.25) is 0 Å². The molecule has 0 bridgehead atoms. The highest BCUT2D eigenvalue weighted by Crippen LogP contribution is 2.38. The number of aromatic nitrogens is 2. The summed E-state index contributed by atoms with van der Waals surface area (Å²) in [5.41, 5.74) is 5.79. The Hall–Kier alpha value is -2.67. The summed E-state index contributed by atoms with van der Waals surface area (Å²) in [6.45, 7) is 5.73. The largest absolute Gasteiger partial charge is 0.349 e. The van der Waals surface area contributed by atoms with Crippen molar-refractivity contribution >= 4 is 17.5 Å². The van der Waals surface area contributed by atoms with E-state index in [-0.39, 0.29) is 5.91 Å². The van der Waals surface area contributed by atoms with Gasteiger partial charge in [-0.15, -0.1) is 0 Å². The summed E-state index contributed by atoms with van der Waals surface area (Å²) in [7, 11) is 2.15. The van der Waals surface area contributed by atoms with Gasteiger partial charge in [-0.2, -0.15) is 5.10 Å². The van der Waals surface area contributed by atoms with Crippen LogP contribution in [0.15, 0.2) is 48.5 Å². The second-order valence-corrected chi connectivity index (χ2v) is 9.06. The number of rotatable bonds is 5. The molecule has 0 atom stereocenters. The highest BCUT2D eigenvalue weighted by Gasteiger charge is 2.29. The SMILES string of the molecule is CN1CCN(CCNC(=O)c2nn(-c3ccccc3)c3c2CCc2cc(Cl)ccc2-3)CC1. The number of amides is 1. The number of carbonyl (C=O) groups is 1. The van der Waals surface area contributed by atoms with E-state index in [9.17, 15) is 4.79 Å². The molecular weight excluding hydrogens is 422 g/mol. The predicted octanol–water partition coefficient (Wildman–Crippen LogP) is 3.27. The van der Waals surface area contributed by atoms with Crippen LogP contribution in [0.3, 0.4) is 0 Å². The Balaban J connectivity index is 1.42. The first-order valence-corrected chi connectivity index (χ1v) is 11.6. The number of likely N-dealkylation sites (N-methyl/N-ethyl adjacent to an activating group) is 1. The lowest BCUT2D eigenvalue weighted by atomic mass is 9.88. The van der Waals surface area contributed by atoms with Crippen LogP contribution in [0.25, 0.3) is 16.9 Å². The van der Waals surface area contributed by atoms with Crippen molar-refractivity contribution in [1.82, 2.24) is 24.9 Å². The van der Waals surface area contributed by atoms with E-state index in [4.69, 9.17) is 16.7 Å². The molecule has 2 aromatic carbocycles. The zero-order chi connectivity index (χ0) is 22.1. The van der Waals surface area contributed by atoms with Crippen molar-refractivity contribution in [2.45, 2.75) is 12.8 Å². The molecule has 0 spiro atoms. The number of halogens is 1. The van der Waals surface area contributed by atoms with Gasteiger partial charge in [-0.25, -0.2) is 4.68 Å². The highest BCUT2D eigenvalue weighted by molar-refractivity contribution is 6.30. The van der Waals surface area contributed by atoms with E-state index >= 15 is 0 Å². The molecule has 5 rings (SSSR count). The van der Waals surface area contributed by atoms with Gasteiger partial charge in [0.25, 0.3) is 5.91 Å². The van der Waals surface area contributed by atoms with Crippen molar-refractivity contribution in [3.63, 3.8) is 0 Å². The first-order valence-electron chi connectivity index (χ1n) is 11.3. The third kappa shape index (κ3) is 4.18. The summed E-state index contributed by atoms with van der Waals surface area (Å²) in [6.07, 6.45) is 1.63. The minimum Gasteiger partial charge on any atom is -0.349 e. The number of hydrogen-bond acceptors (Lipinski definition) is 4. The fraction of sp³-hybridized carbons (Fsp3) is 0.360. The lowest BCUT2D eigenvalue weighted by Gasteiger charge is -2.32. The molecule has 1 aliphatic carbocycles. The second kappa shape index (κ2) is 9.06. The average Bonchev–Trinajstić information content (AvgIpc) is 3.21. The van der Waals surface area contributed by atoms with Crippen LogP contribution in [0.1, 0.15) is 21.6 Å². The number of carbonyl (C=O) groups excluding carboxylic acids is 1. The average molecular weight is 450 g/mol. The Morgan fingerprint density at radius 3 is 2.62 bits per heavy atom. The molecule has 1 aliphatic heterocycles. The zero-order valence-electron chi connectivity index (χ0n) is 18.4. The van der Waals surface area contributed by atoms with Gasteiger partial charge in [-0.1, -0.05) is 35.9 Å². The summed E-state index contributed by atoms with van der Waals surface area (Å²) in [5.74, 6) is -0.0949. The molecule has 7 heteroatoms. The lowest BCUT2D eigenvalue weighted by molar-refractivity contribution is 0.0934. The van der Waals surface area contributed by atoms with Gasteiger partial charge in [0.15, 0.2) is 5.69 Å². The number of nitrogens with zero attached hydrogens (tertiary/aromatic N) is 4. The zero-order valence-corrected chi connectivity index (χ0v) is 19.1. The van der Waals surface area contributed by atoms with Gasteiger partial charge in [-0.05, 0) is 49.7 Å². The fourth-order valence-corrected chi connectivity index (χ4v) is 4.84. The molecule has 166 valence electrons. The number of nitrogens with one attached hydrogen (secondary N) is 1. The number of piperazine rings is 1. The molecule has 1 fully saturated rings. The molecule has 3 aromatic rings. The van der Waals surface area contributed by atoms with Crippen LogP contribution in [0.5, 0.6) is 0 Å². The lowest BCUT2D eigenvalue weighted by Crippen LogP contribution is -2.47. The van der Waals surface area contributed by atoms with Gasteiger partial charge in [0, 0.05) is 55.4 Å². The monoisotopic (exact) mass is 449 g/mol. The number of benzene rings is 2. The van der Waals surface area contributed by atoms with Crippen molar-refractivity contribution in [2.75, 3.05) is 46.3 Å². The fourth-order valence-electron chi connectivity index (χ4n) is 4.64. The third-order valence-electron chi connectivity index (χ3n) is 6.48. The molecule has 32 heavy (non-hydrogen) atoms. The summed E-state index contributed by atoms with van der Waals surface area (Å²) >= 11 is 6.25. The number of para-hydroxylation sites is 1. The van der Waals surface area contributed by atoms with E-state index in [1.807, 2.05) is 53.2 Å². The Morgan fingerprint density at radius 2 is 1.84 bits per heavy atom. The van der Waals surface area contributed by atoms with E-state index < -0.39 is 0 Å². The van der Waals surface area contributed by atoms with Crippen LogP contribution in [0.2, 0.25) is 5.02 Å². The molecule has 1 aromatic heterocycles. The molecule has 0 radical (unpaired) electrons. The Kier molecular flexibility index (Phi) is 6.00. The van der Waals surface area contributed by atoms with E-state index in [0.29, 0.717) is 12.2 Å². The van der Waals surface area contributed by atoms with Gasteiger partial charge < -0.3 is 10.2 Å². The van der Waals surface area contributed by atoms with Crippen LogP contribution in [0.4, 0.5) is 0 Å². The van der Waals surface area contributed by atoms with E-state index in [2.05, 4.69) is 22.2 Å². The molecule has 2 aliphatic rings. The predicted molar refractivity (Wildman–Crippen MR) is 128 cm³/mol. The number of hydrogen-bond donors (Lipinski definition) is 1. The molecule has 1 N–H and O–H groups in total. The Labute approximate surface area is 193 Å². The molecule has 1 amide bonds. The summed E-state index contributed by atoms with van der Waals surface area (Å²) in [5, 5.41) is 8.66. The van der Waals surface area contributed by atoms with Gasteiger partial charge >= 0.3 is 0 Å². The summed E-state index contributed by atoms with van der Waals surface area (Å²) in [6, 6.07) is 16.0. The van der Waals surface area contributed by atoms with Crippen molar-refractivity contribution in [3.05, 3.63) is 70.4 Å². The molecule has 0 unspecified atom stereocenters. The summed E-state index contributed by atoms with van der Waals surface area (Å²) in [4.78, 5) is 17.9. The van der Waals surface area contributed by atoms with Crippen LogP contribution >= 0.6 is 11.6 Å². The van der Waals surface area contributed by atoms with Crippen LogP contribution in [-0.4, -0.2) is 71.8 Å². The van der Waals surface area contributed by atoms with E-state index in [1.54, 1.807) is 0 Å². The number of fused-ring (bicyclic) bond motifs is 3. The minimum absolute atomic E-state index is 0.0949. The van der Waals surface area contributed by atoms with E-state index in [0.717, 1.165) is 73.1 Å². The van der Waals surface area contributed by atoms with Crippen molar-refractivity contribution in [1.29, 1.82) is 0 Å². The van der Waals surface area contributed by atoms with Crippen molar-refractivity contribution < 1.29 is 4.79 Å². The third-order valence-corrected chi connectivity index (χ3v) is 6.71. The van der Waals surface area contributed by atoms with Gasteiger partial charge in [-0.3, -0.25) is 9.69 Å². The minimum atomic E-state index is -0.0949. The smallest absolute Gasteiger partial charge is 0.272 e. The first-order chi connectivity index (χ1) is 15.6. The van der Waals surface area contributed by atoms with Crippen LogP contribution in [-0.2, 0) is 12.8 Å². The standard InChI is InChI=1S/C25H28ClN5O/c1-29-13-15-30(16-14-29)12-11-27-25(32)23-22-9-7-18-17-19(26)8-10-21(18)24(22)31(28-23)20-5-3-2-4-6-20/h2-6,8,10,17H,7,9,11-16H2,1H3,(H,27,32). The maximum absolute atomic E-state index is 13.2. The maximum atomic E-state index is 13.2. The molecule has 6 nitrogen and oxygen atoms in total. The van der Waals surface area contributed by atoms with Crippen molar-refractivity contribution in [3.8, 4) is 16.9 Å². The van der Waals surface area contributed by atoms with Gasteiger partial charge in [0.1, 0.15) is 0 Å². The quantitative estimate of drug-likeness (QED) is 0.649. The second-order valence-electron chi connectivity index (χ2n) is 8.63. The van der Waals surface area contributed by atoms with Crippen LogP contribution in [0, 0.1) is 0 Å². The maximum Gasteiger partial charge on any atom is 0.272 e. The molecule has 1 saturated heterocycles. The number of aryl methyl sites for hydroxylation is 1. The van der Waals surface area contributed by atoms with Gasteiger partial charge in [0.05, 0.1) is 11.4 Å². The van der Waals surface area contributed by atoms with E-state index in [1.165, 1.54) is 5.56 Å². The topological polar surface area (TPSA) is 53.4 Å². The Bertz CT molecular complexity index is 1120. The molecule has 0 saturated carbocycles. The highest BCUT2D eigenvalue weighted by atomic mass is 35.5.